The highest BCUT2D eigenvalue weighted by Gasteiger charge is 2.68. The Morgan fingerprint density at radius 1 is 1.23 bits per heavy atom. The molecule has 0 aromatic carbocycles. The van der Waals surface area contributed by atoms with Gasteiger partial charge in [-0.15, -0.1) is 0 Å². The third-order valence-corrected chi connectivity index (χ3v) is 9.22. The molecule has 2 N–H and O–H groups in total. The van der Waals surface area contributed by atoms with E-state index in [9.17, 15) is 24.6 Å². The van der Waals surface area contributed by atoms with Crippen molar-refractivity contribution in [2.24, 2.45) is 34.5 Å². The standard InChI is InChI=1S/C24H34O6/c1-13-10-22(3)15(9-18(13)26)5-6-16-17-7-8-24(29,20(28)12-30-14(2)25)23(17,4)11-19(27)21(16)22/h9,13,16-17,19,21,27,29H,5-8,10-12H2,1-4H3. The monoisotopic (exact) mass is 418 g/mol. The Balaban J connectivity index is 1.66. The summed E-state index contributed by atoms with van der Waals surface area (Å²) >= 11 is 0. The summed E-state index contributed by atoms with van der Waals surface area (Å²) in [5, 5.41) is 22.9. The van der Waals surface area contributed by atoms with Crippen molar-refractivity contribution in [2.75, 3.05) is 6.61 Å². The van der Waals surface area contributed by atoms with Crippen LogP contribution in [-0.2, 0) is 19.1 Å². The number of hydrogen-bond donors (Lipinski definition) is 2. The van der Waals surface area contributed by atoms with Crippen LogP contribution in [-0.4, -0.2) is 46.1 Å². The molecule has 4 rings (SSSR count). The highest BCUT2D eigenvalue weighted by molar-refractivity contribution is 5.93. The first-order valence-corrected chi connectivity index (χ1v) is 11.3. The second-order valence-corrected chi connectivity index (χ2v) is 10.7. The lowest BCUT2D eigenvalue weighted by Gasteiger charge is -2.60. The first-order chi connectivity index (χ1) is 13.9. The number of ketones is 2. The quantitative estimate of drug-likeness (QED) is 0.683. The van der Waals surface area contributed by atoms with Crippen LogP contribution in [0.25, 0.3) is 0 Å². The number of allylic oxidation sites excluding steroid dienone is 1. The van der Waals surface area contributed by atoms with Crippen LogP contribution >= 0.6 is 0 Å². The lowest BCUT2D eigenvalue weighted by Crippen LogP contribution is -2.62. The fourth-order valence-electron chi connectivity index (χ4n) is 7.78. The van der Waals surface area contributed by atoms with Crippen molar-refractivity contribution in [3.63, 3.8) is 0 Å². The molecule has 0 radical (unpaired) electrons. The summed E-state index contributed by atoms with van der Waals surface area (Å²) in [6.45, 7) is 6.90. The van der Waals surface area contributed by atoms with Crippen LogP contribution < -0.4 is 0 Å². The number of aliphatic hydroxyl groups is 2. The average molecular weight is 419 g/mol. The molecule has 166 valence electrons. The Labute approximate surface area is 178 Å². The molecular weight excluding hydrogens is 384 g/mol. The Morgan fingerprint density at radius 3 is 2.60 bits per heavy atom. The summed E-state index contributed by atoms with van der Waals surface area (Å²) < 4.78 is 4.90. The van der Waals surface area contributed by atoms with Gasteiger partial charge in [0.1, 0.15) is 5.60 Å². The molecule has 6 heteroatoms. The molecule has 0 aliphatic heterocycles. The van der Waals surface area contributed by atoms with Crippen LogP contribution in [0.2, 0.25) is 0 Å². The third-order valence-electron chi connectivity index (χ3n) is 9.22. The topological polar surface area (TPSA) is 101 Å². The van der Waals surface area contributed by atoms with E-state index >= 15 is 0 Å². The summed E-state index contributed by atoms with van der Waals surface area (Å²) in [6, 6.07) is 0. The zero-order chi connectivity index (χ0) is 22.1. The molecule has 3 saturated carbocycles. The minimum atomic E-state index is -1.59. The molecule has 0 heterocycles. The molecule has 30 heavy (non-hydrogen) atoms. The fraction of sp³-hybridized carbons (Fsp3) is 0.792. The van der Waals surface area contributed by atoms with Gasteiger partial charge in [0, 0.05) is 18.3 Å². The van der Waals surface area contributed by atoms with Gasteiger partial charge in [0.2, 0.25) is 5.78 Å². The summed E-state index contributed by atoms with van der Waals surface area (Å²) in [5.74, 6) is -0.549. The van der Waals surface area contributed by atoms with Gasteiger partial charge < -0.3 is 14.9 Å². The number of fused-ring (bicyclic) bond motifs is 5. The van der Waals surface area contributed by atoms with Gasteiger partial charge in [-0.1, -0.05) is 26.3 Å². The van der Waals surface area contributed by atoms with E-state index in [1.807, 2.05) is 19.9 Å². The van der Waals surface area contributed by atoms with Gasteiger partial charge in [-0.25, -0.2) is 0 Å². The number of Topliss-reactive ketones (excluding diaryl/α,β-unsaturated/α-hetero) is 1. The number of esters is 1. The molecule has 3 fully saturated rings. The molecule has 8 atom stereocenters. The van der Waals surface area contributed by atoms with Gasteiger partial charge >= 0.3 is 5.97 Å². The second kappa shape index (κ2) is 6.99. The summed E-state index contributed by atoms with van der Waals surface area (Å²) in [5.41, 5.74) is -1.40. The molecule has 0 bridgehead atoms. The Bertz CT molecular complexity index is 817. The Kier molecular flexibility index (Phi) is 5.06. The molecule has 4 aliphatic carbocycles. The summed E-state index contributed by atoms with van der Waals surface area (Å²) in [6.07, 6.45) is 4.99. The van der Waals surface area contributed by atoms with Crippen LogP contribution in [0.3, 0.4) is 0 Å². The van der Waals surface area contributed by atoms with Crippen molar-refractivity contribution in [1.82, 2.24) is 0 Å². The largest absolute Gasteiger partial charge is 0.458 e. The lowest BCUT2D eigenvalue weighted by molar-refractivity contribution is -0.185. The van der Waals surface area contributed by atoms with E-state index in [4.69, 9.17) is 4.74 Å². The highest BCUT2D eigenvalue weighted by atomic mass is 16.5. The normalized spacial score (nSPS) is 47.6. The molecule has 0 amide bonds. The first-order valence-electron chi connectivity index (χ1n) is 11.3. The van der Waals surface area contributed by atoms with Gasteiger partial charge in [-0.05, 0) is 67.8 Å². The van der Waals surface area contributed by atoms with Crippen molar-refractivity contribution in [1.29, 1.82) is 0 Å². The molecule has 4 aliphatic rings. The van der Waals surface area contributed by atoms with Crippen LogP contribution in [0.5, 0.6) is 0 Å². The van der Waals surface area contributed by atoms with E-state index in [0.717, 1.165) is 31.3 Å². The Hall–Kier alpha value is -1.53. The minimum Gasteiger partial charge on any atom is -0.458 e. The summed E-state index contributed by atoms with van der Waals surface area (Å²) in [7, 11) is 0. The number of hydrogen-bond acceptors (Lipinski definition) is 6. The van der Waals surface area contributed by atoms with Crippen molar-refractivity contribution < 1.29 is 29.3 Å². The van der Waals surface area contributed by atoms with Crippen LogP contribution in [0.4, 0.5) is 0 Å². The number of aliphatic hydroxyl groups excluding tert-OH is 1. The van der Waals surface area contributed by atoms with E-state index in [1.165, 1.54) is 6.92 Å². The molecule has 6 nitrogen and oxygen atoms in total. The maximum absolute atomic E-state index is 12.9. The Morgan fingerprint density at radius 2 is 1.93 bits per heavy atom. The van der Waals surface area contributed by atoms with Crippen LogP contribution in [0.15, 0.2) is 11.6 Å². The van der Waals surface area contributed by atoms with Gasteiger partial charge in [0.05, 0.1) is 6.10 Å². The highest BCUT2D eigenvalue weighted by Crippen LogP contribution is 2.67. The van der Waals surface area contributed by atoms with Gasteiger partial charge in [0.25, 0.3) is 0 Å². The molecular formula is C24H34O6. The lowest BCUT2D eigenvalue weighted by atomic mass is 9.45. The van der Waals surface area contributed by atoms with E-state index in [2.05, 4.69) is 6.92 Å². The molecule has 8 unspecified atom stereocenters. The predicted molar refractivity (Wildman–Crippen MR) is 109 cm³/mol. The molecule has 0 aromatic rings. The molecule has 0 spiro atoms. The van der Waals surface area contributed by atoms with Crippen molar-refractivity contribution in [3.8, 4) is 0 Å². The van der Waals surface area contributed by atoms with Crippen molar-refractivity contribution >= 4 is 17.5 Å². The number of carbonyl (C=O) groups excluding carboxylic acids is 3. The zero-order valence-electron chi connectivity index (χ0n) is 18.4. The number of rotatable bonds is 3. The van der Waals surface area contributed by atoms with E-state index in [0.29, 0.717) is 12.8 Å². The number of ether oxygens (including phenoxy) is 1. The van der Waals surface area contributed by atoms with Crippen LogP contribution in [0.1, 0.15) is 66.2 Å². The zero-order valence-corrected chi connectivity index (χ0v) is 18.4. The maximum Gasteiger partial charge on any atom is 0.303 e. The van der Waals surface area contributed by atoms with E-state index in [-0.39, 0.29) is 34.9 Å². The maximum atomic E-state index is 12.9. The first kappa shape index (κ1) is 21.7. The second-order valence-electron chi connectivity index (χ2n) is 10.7. The molecule has 0 saturated heterocycles. The third kappa shape index (κ3) is 2.86. The minimum absolute atomic E-state index is 0.0250. The van der Waals surface area contributed by atoms with Crippen molar-refractivity contribution in [3.05, 3.63) is 11.6 Å². The number of carbonyl (C=O) groups is 3. The fourth-order valence-corrected chi connectivity index (χ4v) is 7.78. The van der Waals surface area contributed by atoms with Gasteiger partial charge in [0.15, 0.2) is 12.4 Å². The predicted octanol–water partition coefficient (Wildman–Crippen LogP) is 2.60. The van der Waals surface area contributed by atoms with Crippen molar-refractivity contribution in [2.45, 2.75) is 77.9 Å². The van der Waals surface area contributed by atoms with Crippen LogP contribution in [0, 0.1) is 34.5 Å². The average Bonchev–Trinajstić information content (AvgIpc) is 2.92. The summed E-state index contributed by atoms with van der Waals surface area (Å²) in [4.78, 5) is 36.4. The molecule has 0 aromatic heterocycles. The van der Waals surface area contributed by atoms with Gasteiger partial charge in [-0.3, -0.25) is 14.4 Å². The van der Waals surface area contributed by atoms with E-state index in [1.54, 1.807) is 0 Å². The van der Waals surface area contributed by atoms with E-state index < -0.39 is 35.5 Å². The SMILES string of the molecule is CC(=O)OCC(=O)C1(O)CCC2C3CCC4=CC(=O)C(C)CC4(C)C3C(O)CC21C. The van der Waals surface area contributed by atoms with Gasteiger partial charge in [-0.2, -0.15) is 0 Å². The smallest absolute Gasteiger partial charge is 0.303 e.